The van der Waals surface area contributed by atoms with Crippen molar-refractivity contribution in [3.63, 3.8) is 0 Å². The van der Waals surface area contributed by atoms with Crippen LogP contribution in [0.25, 0.3) is 22.0 Å². The first kappa shape index (κ1) is 16.2. The summed E-state index contributed by atoms with van der Waals surface area (Å²) in [5, 5.41) is 2.45. The van der Waals surface area contributed by atoms with E-state index in [4.69, 9.17) is 4.98 Å². The highest BCUT2D eigenvalue weighted by atomic mass is 79.9. The summed E-state index contributed by atoms with van der Waals surface area (Å²) in [6.45, 7) is 8.79. The molecular formula is C21H22BrN. The largest absolute Gasteiger partial charge is 0.254 e. The monoisotopic (exact) mass is 367 g/mol. The number of pyridine rings is 1. The summed E-state index contributed by atoms with van der Waals surface area (Å²) in [5.41, 5.74) is 6.18. The number of rotatable bonds is 3. The molecule has 1 aromatic heterocycles. The predicted molar refractivity (Wildman–Crippen MR) is 103 cm³/mol. The van der Waals surface area contributed by atoms with Crippen molar-refractivity contribution in [3.05, 3.63) is 63.8 Å². The van der Waals surface area contributed by atoms with Gasteiger partial charge in [0.2, 0.25) is 0 Å². The molecule has 0 aliphatic carbocycles. The summed E-state index contributed by atoms with van der Waals surface area (Å²) in [5.74, 6) is 0.573. The van der Waals surface area contributed by atoms with Crippen LogP contribution in [0, 0.1) is 13.8 Å². The van der Waals surface area contributed by atoms with Crippen molar-refractivity contribution in [2.45, 2.75) is 40.0 Å². The Morgan fingerprint density at radius 1 is 1.00 bits per heavy atom. The summed E-state index contributed by atoms with van der Waals surface area (Å²) in [6, 6.07) is 13.4. The maximum atomic E-state index is 4.71. The van der Waals surface area contributed by atoms with Gasteiger partial charge in [-0.2, -0.15) is 0 Å². The van der Waals surface area contributed by atoms with Crippen LogP contribution in [0.5, 0.6) is 0 Å². The van der Waals surface area contributed by atoms with Crippen molar-refractivity contribution in [1.29, 1.82) is 0 Å². The van der Waals surface area contributed by atoms with Gasteiger partial charge in [0.1, 0.15) is 0 Å². The minimum absolute atomic E-state index is 0.573. The smallest absolute Gasteiger partial charge is 0.0781 e. The molecule has 2 aromatic carbocycles. The Morgan fingerprint density at radius 2 is 1.70 bits per heavy atom. The lowest BCUT2D eigenvalue weighted by Crippen LogP contribution is -1.94. The summed E-state index contributed by atoms with van der Waals surface area (Å²) in [7, 11) is 0. The second kappa shape index (κ2) is 6.45. The van der Waals surface area contributed by atoms with Gasteiger partial charge in [-0.15, -0.1) is 0 Å². The van der Waals surface area contributed by atoms with Crippen LogP contribution in [0.3, 0.4) is 0 Å². The van der Waals surface area contributed by atoms with Gasteiger partial charge in [0.25, 0.3) is 0 Å². The van der Waals surface area contributed by atoms with Crippen molar-refractivity contribution < 1.29 is 0 Å². The zero-order valence-corrected chi connectivity index (χ0v) is 15.7. The average molecular weight is 368 g/mol. The lowest BCUT2D eigenvalue weighted by molar-refractivity contribution is 0.734. The second-order valence-electron chi connectivity index (χ2n) is 6.45. The highest BCUT2D eigenvalue weighted by molar-refractivity contribution is 9.10. The van der Waals surface area contributed by atoms with E-state index in [-0.39, 0.29) is 0 Å². The maximum absolute atomic E-state index is 4.71. The fourth-order valence-electron chi connectivity index (χ4n) is 3.11. The SMILES string of the molecule is CCC(C)c1ccc2c(-c3cc(C)cc(C)c3)ncc(Br)c2c1. The van der Waals surface area contributed by atoms with Gasteiger partial charge in [-0.05, 0) is 71.3 Å². The average Bonchev–Trinajstić information content (AvgIpc) is 2.53. The summed E-state index contributed by atoms with van der Waals surface area (Å²) in [6.07, 6.45) is 3.08. The number of benzene rings is 2. The van der Waals surface area contributed by atoms with E-state index >= 15 is 0 Å². The van der Waals surface area contributed by atoms with Gasteiger partial charge in [0.15, 0.2) is 0 Å². The maximum Gasteiger partial charge on any atom is 0.0781 e. The number of hydrogen-bond acceptors (Lipinski definition) is 1. The van der Waals surface area contributed by atoms with E-state index in [0.29, 0.717) is 5.92 Å². The molecule has 0 spiro atoms. The molecule has 23 heavy (non-hydrogen) atoms. The van der Waals surface area contributed by atoms with Gasteiger partial charge >= 0.3 is 0 Å². The van der Waals surface area contributed by atoms with Gasteiger partial charge in [-0.3, -0.25) is 4.98 Å². The molecular weight excluding hydrogens is 346 g/mol. The van der Waals surface area contributed by atoms with E-state index in [2.05, 4.69) is 80.0 Å². The summed E-state index contributed by atoms with van der Waals surface area (Å²) >= 11 is 3.68. The van der Waals surface area contributed by atoms with Crippen LogP contribution in [-0.2, 0) is 0 Å². The van der Waals surface area contributed by atoms with Crippen LogP contribution in [-0.4, -0.2) is 4.98 Å². The van der Waals surface area contributed by atoms with Gasteiger partial charge in [-0.25, -0.2) is 0 Å². The molecule has 3 aromatic rings. The summed E-state index contributed by atoms with van der Waals surface area (Å²) in [4.78, 5) is 4.71. The highest BCUT2D eigenvalue weighted by Crippen LogP contribution is 2.34. The van der Waals surface area contributed by atoms with Crippen LogP contribution in [0.1, 0.15) is 42.9 Å². The number of hydrogen-bond donors (Lipinski definition) is 0. The van der Waals surface area contributed by atoms with Crippen LogP contribution in [0.15, 0.2) is 47.1 Å². The van der Waals surface area contributed by atoms with E-state index in [1.165, 1.54) is 33.0 Å². The van der Waals surface area contributed by atoms with Crippen molar-refractivity contribution >= 4 is 26.7 Å². The molecule has 0 N–H and O–H groups in total. The minimum Gasteiger partial charge on any atom is -0.254 e. The molecule has 1 nitrogen and oxygen atoms in total. The van der Waals surface area contributed by atoms with E-state index in [0.717, 1.165) is 16.6 Å². The van der Waals surface area contributed by atoms with Crippen LogP contribution >= 0.6 is 15.9 Å². The molecule has 118 valence electrons. The molecule has 0 radical (unpaired) electrons. The molecule has 0 saturated heterocycles. The Morgan fingerprint density at radius 3 is 2.35 bits per heavy atom. The number of halogens is 1. The lowest BCUT2D eigenvalue weighted by atomic mass is 9.94. The molecule has 3 rings (SSSR count). The molecule has 2 heteroatoms. The van der Waals surface area contributed by atoms with Crippen LogP contribution < -0.4 is 0 Å². The van der Waals surface area contributed by atoms with E-state index < -0.39 is 0 Å². The van der Waals surface area contributed by atoms with Gasteiger partial charge in [-0.1, -0.05) is 43.2 Å². The number of aryl methyl sites for hydroxylation is 2. The van der Waals surface area contributed by atoms with Crippen LogP contribution in [0.2, 0.25) is 0 Å². The Labute approximate surface area is 146 Å². The zero-order chi connectivity index (χ0) is 16.6. The van der Waals surface area contributed by atoms with Gasteiger partial charge in [0.05, 0.1) is 5.69 Å². The van der Waals surface area contributed by atoms with Gasteiger partial charge in [0, 0.05) is 21.6 Å². The minimum atomic E-state index is 0.573. The fraction of sp³-hybridized carbons (Fsp3) is 0.286. The third kappa shape index (κ3) is 3.18. The normalized spacial score (nSPS) is 12.6. The van der Waals surface area contributed by atoms with Crippen molar-refractivity contribution in [2.24, 2.45) is 0 Å². The topological polar surface area (TPSA) is 12.9 Å². The Bertz CT molecular complexity index is 847. The van der Waals surface area contributed by atoms with Crippen LogP contribution in [0.4, 0.5) is 0 Å². The van der Waals surface area contributed by atoms with Crippen molar-refractivity contribution in [3.8, 4) is 11.3 Å². The second-order valence-corrected chi connectivity index (χ2v) is 7.30. The molecule has 0 fully saturated rings. The number of fused-ring (bicyclic) bond motifs is 1. The highest BCUT2D eigenvalue weighted by Gasteiger charge is 2.11. The quantitative estimate of drug-likeness (QED) is 0.496. The molecule has 1 unspecified atom stereocenters. The molecule has 0 saturated carbocycles. The van der Waals surface area contributed by atoms with E-state index in [9.17, 15) is 0 Å². The number of aromatic nitrogens is 1. The molecule has 0 aliphatic heterocycles. The van der Waals surface area contributed by atoms with Gasteiger partial charge < -0.3 is 0 Å². The molecule has 0 bridgehead atoms. The first-order chi connectivity index (χ1) is 11.0. The van der Waals surface area contributed by atoms with Crippen molar-refractivity contribution in [1.82, 2.24) is 4.98 Å². The Balaban J connectivity index is 2.24. The third-order valence-corrected chi connectivity index (χ3v) is 5.17. The number of nitrogens with zero attached hydrogens (tertiary/aromatic N) is 1. The first-order valence-electron chi connectivity index (χ1n) is 8.16. The molecule has 1 heterocycles. The standard InChI is InChI=1S/C21H22BrN/c1-5-15(4)16-6-7-18-19(11-16)20(22)12-23-21(18)17-9-13(2)8-14(3)10-17/h6-12,15H,5H2,1-4H3. The third-order valence-electron chi connectivity index (χ3n) is 4.54. The Kier molecular flexibility index (Phi) is 4.54. The van der Waals surface area contributed by atoms with E-state index in [1.54, 1.807) is 0 Å². The van der Waals surface area contributed by atoms with Crippen molar-refractivity contribution in [2.75, 3.05) is 0 Å². The molecule has 1 atom stereocenters. The Hall–Kier alpha value is -1.67. The molecule has 0 amide bonds. The predicted octanol–water partition coefficient (Wildman–Crippen LogP) is 6.79. The fourth-order valence-corrected chi connectivity index (χ4v) is 3.54. The molecule has 0 aliphatic rings. The summed E-state index contributed by atoms with van der Waals surface area (Å²) < 4.78 is 1.06. The first-order valence-corrected chi connectivity index (χ1v) is 8.95. The lowest BCUT2D eigenvalue weighted by Gasteiger charge is -2.13. The zero-order valence-electron chi connectivity index (χ0n) is 14.2. The van der Waals surface area contributed by atoms with E-state index in [1.807, 2.05) is 6.20 Å².